The Morgan fingerprint density at radius 2 is 1.18 bits per heavy atom. The van der Waals surface area contributed by atoms with Crippen LogP contribution in [-0.4, -0.2) is 94.6 Å². The first kappa shape index (κ1) is 36.0. The van der Waals surface area contributed by atoms with Gasteiger partial charge in [0.2, 0.25) is 5.91 Å². The maximum atomic E-state index is 12.9. The summed E-state index contributed by atoms with van der Waals surface area (Å²) < 4.78 is 12.6. The van der Waals surface area contributed by atoms with E-state index in [2.05, 4.69) is 24.6 Å². The van der Waals surface area contributed by atoms with E-state index in [0.717, 1.165) is 51.4 Å². The summed E-state index contributed by atoms with van der Waals surface area (Å²) in [6, 6.07) is 0.237. The van der Waals surface area contributed by atoms with Crippen molar-refractivity contribution in [2.45, 2.75) is 140 Å². The Morgan fingerprint density at radius 3 is 1.73 bits per heavy atom. The number of nitrogens with one attached hydrogen (secondary N) is 2. The van der Waals surface area contributed by atoms with E-state index < -0.39 is 41.9 Å². The number of carbonyl (C=O) groups excluding carboxylic acids is 1. The zero-order valence-electron chi connectivity index (χ0n) is 27.0. The first-order valence-corrected chi connectivity index (χ1v) is 17.1. The molecule has 4 aliphatic carbocycles. The number of carboxylic acid groups (broad SMARTS) is 2. The molecule has 6 N–H and O–H groups in total. The van der Waals surface area contributed by atoms with Crippen LogP contribution in [0.25, 0.3) is 0 Å². The van der Waals surface area contributed by atoms with Gasteiger partial charge in [-0.2, -0.15) is 5.48 Å². The highest BCUT2D eigenvalue weighted by molar-refractivity contribution is 5.85. The molecule has 4 saturated carbocycles. The fourth-order valence-electron chi connectivity index (χ4n) is 7.48. The fraction of sp³-hybridized carbons (Fsp3) is 0.909. The number of hydrogen-bond acceptors (Lipinski definition) is 9. The molecule has 0 aliphatic heterocycles. The summed E-state index contributed by atoms with van der Waals surface area (Å²) >= 11 is 0. The third-order valence-corrected chi connectivity index (χ3v) is 10.4. The van der Waals surface area contributed by atoms with Crippen LogP contribution in [-0.2, 0) is 28.7 Å². The SMILES string of the molecule is CC(C)(COC1CCC(NOCC2CCC(O)CC2C(=O)O)CC1)COC1CCC(NC(=O)C2CCC(O)CC2C(=O)O)CC1. The van der Waals surface area contributed by atoms with Gasteiger partial charge in [0.05, 0.1) is 62.0 Å². The molecule has 0 aromatic rings. The first-order valence-electron chi connectivity index (χ1n) is 17.1. The van der Waals surface area contributed by atoms with Gasteiger partial charge in [-0.25, -0.2) is 0 Å². The summed E-state index contributed by atoms with van der Waals surface area (Å²) in [5, 5.41) is 41.7. The summed E-state index contributed by atoms with van der Waals surface area (Å²) in [5.74, 6) is -4.15. The van der Waals surface area contributed by atoms with E-state index in [1.165, 1.54) is 0 Å². The summed E-state index contributed by atoms with van der Waals surface area (Å²) in [6.07, 6.45) is 8.65. The molecule has 0 aromatic carbocycles. The maximum absolute atomic E-state index is 12.9. The molecule has 6 unspecified atom stereocenters. The van der Waals surface area contributed by atoms with Crippen LogP contribution < -0.4 is 10.8 Å². The summed E-state index contributed by atoms with van der Waals surface area (Å²) in [4.78, 5) is 41.8. The molecule has 1 amide bonds. The Bertz CT molecular complexity index is 963. The lowest BCUT2D eigenvalue weighted by Crippen LogP contribution is -2.47. The lowest BCUT2D eigenvalue weighted by Gasteiger charge is -2.35. The van der Waals surface area contributed by atoms with Crippen LogP contribution in [0.15, 0.2) is 0 Å². The molecule has 4 rings (SSSR count). The van der Waals surface area contributed by atoms with Gasteiger partial charge < -0.3 is 40.1 Å². The van der Waals surface area contributed by atoms with Crippen molar-refractivity contribution >= 4 is 17.8 Å². The number of hydroxylamine groups is 1. The number of amides is 1. The number of carbonyl (C=O) groups is 3. The second-order valence-corrected chi connectivity index (χ2v) is 14.9. The molecule has 0 spiro atoms. The van der Waals surface area contributed by atoms with Gasteiger partial charge >= 0.3 is 11.9 Å². The third-order valence-electron chi connectivity index (χ3n) is 10.4. The average molecular weight is 641 g/mol. The van der Waals surface area contributed by atoms with E-state index >= 15 is 0 Å². The minimum atomic E-state index is -1.01. The van der Waals surface area contributed by atoms with Gasteiger partial charge in [-0.05, 0) is 95.8 Å². The number of hydrogen-bond donors (Lipinski definition) is 6. The second-order valence-electron chi connectivity index (χ2n) is 14.9. The predicted octanol–water partition coefficient (Wildman–Crippen LogP) is 3.03. The zero-order chi connectivity index (χ0) is 32.6. The largest absolute Gasteiger partial charge is 0.481 e. The van der Waals surface area contributed by atoms with Gasteiger partial charge in [-0.3, -0.25) is 14.4 Å². The minimum absolute atomic E-state index is 0.0212. The van der Waals surface area contributed by atoms with E-state index in [-0.39, 0.29) is 48.0 Å². The molecule has 12 nitrogen and oxygen atoms in total. The Morgan fingerprint density at radius 1 is 0.667 bits per heavy atom. The second kappa shape index (κ2) is 16.8. The van der Waals surface area contributed by atoms with Crippen molar-refractivity contribution in [1.29, 1.82) is 0 Å². The fourth-order valence-corrected chi connectivity index (χ4v) is 7.48. The molecule has 45 heavy (non-hydrogen) atoms. The van der Waals surface area contributed by atoms with Crippen LogP contribution in [0.2, 0.25) is 0 Å². The monoisotopic (exact) mass is 640 g/mol. The normalized spacial score (nSPS) is 36.3. The molecule has 12 heteroatoms. The lowest BCUT2D eigenvalue weighted by molar-refractivity contribution is -0.151. The van der Waals surface area contributed by atoms with Crippen molar-refractivity contribution in [3.8, 4) is 0 Å². The maximum Gasteiger partial charge on any atom is 0.307 e. The molecule has 0 bridgehead atoms. The molecular formula is C33H56N2O10. The van der Waals surface area contributed by atoms with Crippen molar-refractivity contribution in [2.75, 3.05) is 19.8 Å². The van der Waals surface area contributed by atoms with E-state index in [1.54, 1.807) is 0 Å². The summed E-state index contributed by atoms with van der Waals surface area (Å²) in [7, 11) is 0. The Balaban J connectivity index is 1.06. The molecule has 258 valence electrons. The quantitative estimate of drug-likeness (QED) is 0.153. The van der Waals surface area contributed by atoms with Crippen LogP contribution >= 0.6 is 0 Å². The molecule has 4 aliphatic rings. The molecule has 6 atom stereocenters. The predicted molar refractivity (Wildman–Crippen MR) is 164 cm³/mol. The highest BCUT2D eigenvalue weighted by Crippen LogP contribution is 2.33. The number of aliphatic hydroxyl groups is 2. The Hall–Kier alpha value is -1.83. The van der Waals surface area contributed by atoms with Crippen LogP contribution in [0.5, 0.6) is 0 Å². The van der Waals surface area contributed by atoms with Crippen molar-refractivity contribution in [3.05, 3.63) is 0 Å². The van der Waals surface area contributed by atoms with Crippen LogP contribution in [0.1, 0.15) is 104 Å². The lowest BCUT2D eigenvalue weighted by atomic mass is 9.77. The van der Waals surface area contributed by atoms with Crippen molar-refractivity contribution < 1.29 is 49.1 Å². The Labute approximate surface area is 266 Å². The van der Waals surface area contributed by atoms with Crippen molar-refractivity contribution in [1.82, 2.24) is 10.8 Å². The van der Waals surface area contributed by atoms with Gasteiger partial charge in [-0.15, -0.1) is 0 Å². The van der Waals surface area contributed by atoms with Crippen LogP contribution in [0.4, 0.5) is 0 Å². The van der Waals surface area contributed by atoms with Crippen LogP contribution in [0.3, 0.4) is 0 Å². The van der Waals surface area contributed by atoms with E-state index in [9.17, 15) is 34.8 Å². The number of rotatable bonds is 14. The summed E-state index contributed by atoms with van der Waals surface area (Å²) in [5.41, 5.74) is 3.00. The number of carboxylic acids is 2. The van der Waals surface area contributed by atoms with Crippen molar-refractivity contribution in [2.24, 2.45) is 29.1 Å². The van der Waals surface area contributed by atoms with Gasteiger partial charge in [0, 0.05) is 17.5 Å². The molecule has 0 heterocycles. The van der Waals surface area contributed by atoms with E-state index in [0.29, 0.717) is 51.9 Å². The average Bonchev–Trinajstić information content (AvgIpc) is 3.01. The standard InChI is InChI=1S/C33H56N2O10/c1-33(2,18-43-25-10-4-21(5-11-25)34-30(38)27-14-9-24(37)16-29(27)32(41)42)19-44-26-12-6-22(7-13-26)35-45-17-20-3-8-23(36)15-28(20)31(39)40/h20-29,35-37H,3-19H2,1-2H3,(H,34,38)(H,39,40)(H,41,42). The summed E-state index contributed by atoms with van der Waals surface area (Å²) in [6.45, 7) is 5.81. The minimum Gasteiger partial charge on any atom is -0.481 e. The number of ether oxygens (including phenoxy) is 2. The van der Waals surface area contributed by atoms with Gasteiger partial charge in [0.15, 0.2) is 0 Å². The number of aliphatic carboxylic acids is 2. The molecular weight excluding hydrogens is 584 g/mol. The van der Waals surface area contributed by atoms with Crippen LogP contribution in [0, 0.1) is 29.1 Å². The van der Waals surface area contributed by atoms with Gasteiger partial charge in [0.25, 0.3) is 0 Å². The van der Waals surface area contributed by atoms with E-state index in [1.807, 2.05) is 0 Å². The highest BCUT2D eigenvalue weighted by Gasteiger charge is 2.40. The van der Waals surface area contributed by atoms with Gasteiger partial charge in [-0.1, -0.05) is 13.8 Å². The first-order chi connectivity index (χ1) is 21.4. The van der Waals surface area contributed by atoms with E-state index in [4.69, 9.17) is 14.3 Å². The zero-order valence-corrected chi connectivity index (χ0v) is 27.0. The highest BCUT2D eigenvalue weighted by atomic mass is 16.6. The molecule has 0 saturated heterocycles. The third kappa shape index (κ3) is 11.1. The molecule has 0 aromatic heterocycles. The molecule has 0 radical (unpaired) electrons. The topological polar surface area (TPSA) is 184 Å². The van der Waals surface area contributed by atoms with Gasteiger partial charge in [0.1, 0.15) is 0 Å². The smallest absolute Gasteiger partial charge is 0.307 e. The molecule has 4 fully saturated rings. The van der Waals surface area contributed by atoms with Crippen molar-refractivity contribution in [3.63, 3.8) is 0 Å². The Kier molecular flexibility index (Phi) is 13.5. The number of aliphatic hydroxyl groups excluding tert-OH is 2.